The van der Waals surface area contributed by atoms with Gasteiger partial charge in [0.25, 0.3) is 0 Å². The van der Waals surface area contributed by atoms with E-state index in [2.05, 4.69) is 14.2 Å². The number of aromatic nitrogens is 2. The van der Waals surface area contributed by atoms with Gasteiger partial charge in [-0.15, -0.1) is 0 Å². The van der Waals surface area contributed by atoms with Crippen molar-refractivity contribution >= 4 is 38.0 Å². The summed E-state index contributed by atoms with van der Waals surface area (Å²) in [4.78, 5) is 22.4. The van der Waals surface area contributed by atoms with Gasteiger partial charge in [0.1, 0.15) is 17.2 Å². The Morgan fingerprint density at radius 2 is 1.85 bits per heavy atom. The van der Waals surface area contributed by atoms with E-state index < -0.39 is 33.1 Å². The zero-order valence-corrected chi connectivity index (χ0v) is 19.7. The van der Waals surface area contributed by atoms with Gasteiger partial charge in [-0.25, -0.2) is 9.78 Å². The first-order valence-electron chi connectivity index (χ1n) is 10.6. The van der Waals surface area contributed by atoms with Crippen molar-refractivity contribution in [2.24, 2.45) is 0 Å². The number of halogens is 3. The second kappa shape index (κ2) is 8.03. The third-order valence-corrected chi connectivity index (χ3v) is 6.52. The number of fused-ring (bicyclic) bond motifs is 3. The second-order valence-corrected chi connectivity index (χ2v) is 10.8. The fourth-order valence-electron chi connectivity index (χ4n) is 4.07. The Hall–Kier alpha value is -3.02. The molecule has 2 aromatic carbocycles. The summed E-state index contributed by atoms with van der Waals surface area (Å²) in [5.74, 6) is 0.113. The number of ether oxygens (including phenoxy) is 1. The van der Waals surface area contributed by atoms with E-state index in [9.17, 15) is 26.4 Å². The number of carbonyl (C=O) groups excluding carboxylic acids is 1. The zero-order chi connectivity index (χ0) is 25.1. The van der Waals surface area contributed by atoms with Crippen molar-refractivity contribution in [2.45, 2.75) is 63.7 Å². The number of H-pyrrole nitrogens is 1. The normalized spacial score (nSPS) is 19.7. The van der Waals surface area contributed by atoms with Gasteiger partial charge in [0, 0.05) is 11.4 Å². The summed E-state index contributed by atoms with van der Waals surface area (Å²) in [7, 11) is -5.77. The second-order valence-electron chi connectivity index (χ2n) is 9.28. The molecule has 34 heavy (non-hydrogen) atoms. The molecule has 1 N–H and O–H groups in total. The summed E-state index contributed by atoms with van der Waals surface area (Å²) in [6, 6.07) is 6.73. The molecule has 2 heterocycles. The molecule has 0 unspecified atom stereocenters. The molecule has 0 radical (unpaired) electrons. The molecule has 2 atom stereocenters. The smallest absolute Gasteiger partial charge is 0.444 e. The van der Waals surface area contributed by atoms with E-state index in [1.54, 1.807) is 37.8 Å². The number of aromatic amines is 1. The van der Waals surface area contributed by atoms with Crippen LogP contribution >= 0.6 is 0 Å². The van der Waals surface area contributed by atoms with Crippen LogP contribution in [0.5, 0.6) is 5.75 Å². The molecule has 1 aliphatic rings. The Morgan fingerprint density at radius 1 is 1.15 bits per heavy atom. The van der Waals surface area contributed by atoms with Crippen LogP contribution in [-0.4, -0.2) is 46.5 Å². The van der Waals surface area contributed by atoms with Crippen LogP contribution in [0.25, 0.3) is 21.8 Å². The molecule has 0 saturated carbocycles. The monoisotopic (exact) mass is 499 g/mol. The molecule has 8 nitrogen and oxygen atoms in total. The van der Waals surface area contributed by atoms with Crippen LogP contribution in [0.1, 0.15) is 52.4 Å². The molecule has 0 bridgehead atoms. The van der Waals surface area contributed by atoms with E-state index in [1.807, 2.05) is 6.92 Å². The van der Waals surface area contributed by atoms with Gasteiger partial charge in [-0.1, -0.05) is 6.07 Å². The maximum absolute atomic E-state index is 12.8. The fraction of sp³-hybridized carbons (Fsp3) is 0.455. The van der Waals surface area contributed by atoms with Gasteiger partial charge in [0.05, 0.1) is 17.1 Å². The SMILES string of the molecule is C[C@H]1CC[C@@H](c2nc3ccc4cc(OS(=O)(=O)C(F)(F)F)ccc4c3[nH]2)N1C(=O)OC(C)(C)C. The predicted molar refractivity (Wildman–Crippen MR) is 119 cm³/mol. The third kappa shape index (κ3) is 4.50. The summed E-state index contributed by atoms with van der Waals surface area (Å²) in [5, 5.41) is 1.07. The third-order valence-electron chi connectivity index (χ3n) is 5.54. The van der Waals surface area contributed by atoms with Crippen LogP contribution in [0.15, 0.2) is 30.3 Å². The average molecular weight is 500 g/mol. The molecule has 1 fully saturated rings. The quantitative estimate of drug-likeness (QED) is 0.382. The largest absolute Gasteiger partial charge is 0.534 e. The van der Waals surface area contributed by atoms with Crippen molar-refractivity contribution in [1.82, 2.24) is 14.9 Å². The fourth-order valence-corrected chi connectivity index (χ4v) is 4.52. The van der Waals surface area contributed by atoms with Crippen molar-refractivity contribution in [3.8, 4) is 5.75 Å². The van der Waals surface area contributed by atoms with Crippen LogP contribution in [0.3, 0.4) is 0 Å². The standard InChI is InChI=1S/C22H24F3N3O5S/c1-12-5-10-17(28(12)20(29)32-21(2,3)4)19-26-16-9-6-13-11-14(7-8-15(13)18(16)27-19)33-34(30,31)22(23,24)25/h6-9,11-12,17H,5,10H2,1-4H3,(H,26,27)/t12-,17-/m0/s1. The highest BCUT2D eigenvalue weighted by Crippen LogP contribution is 2.38. The first kappa shape index (κ1) is 24.1. The molecular formula is C22H24F3N3O5S. The Labute approximate surface area is 194 Å². The summed E-state index contributed by atoms with van der Waals surface area (Å²) < 4.78 is 70.3. The van der Waals surface area contributed by atoms with E-state index in [-0.39, 0.29) is 12.1 Å². The Kier molecular flexibility index (Phi) is 5.70. The molecule has 184 valence electrons. The minimum Gasteiger partial charge on any atom is -0.444 e. The van der Waals surface area contributed by atoms with Gasteiger partial charge < -0.3 is 13.9 Å². The Balaban J connectivity index is 1.69. The average Bonchev–Trinajstić information content (AvgIpc) is 3.28. The lowest BCUT2D eigenvalue weighted by atomic mass is 10.1. The molecule has 3 aromatic rings. The molecule has 0 aliphatic carbocycles. The molecule has 0 spiro atoms. The highest BCUT2D eigenvalue weighted by atomic mass is 32.2. The number of nitrogens with zero attached hydrogens (tertiary/aromatic N) is 2. The van der Waals surface area contributed by atoms with E-state index in [0.717, 1.165) is 12.5 Å². The highest BCUT2D eigenvalue weighted by molar-refractivity contribution is 7.88. The number of alkyl halides is 3. The lowest BCUT2D eigenvalue weighted by Gasteiger charge is -2.30. The topological polar surface area (TPSA) is 102 Å². The lowest BCUT2D eigenvalue weighted by Crippen LogP contribution is -2.40. The highest BCUT2D eigenvalue weighted by Gasteiger charge is 2.48. The van der Waals surface area contributed by atoms with Crippen molar-refractivity contribution in [3.63, 3.8) is 0 Å². The minimum atomic E-state index is -5.77. The maximum atomic E-state index is 12.8. The molecule has 4 rings (SSSR count). The summed E-state index contributed by atoms with van der Waals surface area (Å²) >= 11 is 0. The van der Waals surface area contributed by atoms with E-state index >= 15 is 0 Å². The Bertz CT molecular complexity index is 1360. The van der Waals surface area contributed by atoms with E-state index in [1.165, 1.54) is 12.1 Å². The number of likely N-dealkylation sites (tertiary alicyclic amines) is 1. The maximum Gasteiger partial charge on any atom is 0.534 e. The van der Waals surface area contributed by atoms with Gasteiger partial charge in [-0.3, -0.25) is 4.90 Å². The number of hydrogen-bond donors (Lipinski definition) is 1. The predicted octanol–water partition coefficient (Wildman–Crippen LogP) is 5.41. The zero-order valence-electron chi connectivity index (χ0n) is 18.9. The molecule has 1 aliphatic heterocycles. The molecule has 1 amide bonds. The number of benzene rings is 2. The van der Waals surface area contributed by atoms with Crippen LogP contribution in [-0.2, 0) is 14.9 Å². The number of hydrogen-bond acceptors (Lipinski definition) is 6. The number of nitrogens with one attached hydrogen (secondary N) is 1. The van der Waals surface area contributed by atoms with Crippen molar-refractivity contribution in [1.29, 1.82) is 0 Å². The minimum absolute atomic E-state index is 0.0416. The molecule has 1 aromatic heterocycles. The van der Waals surface area contributed by atoms with Crippen molar-refractivity contribution in [2.75, 3.05) is 0 Å². The summed E-state index contributed by atoms with van der Waals surface area (Å²) in [6.45, 7) is 7.34. The number of imidazole rings is 1. The molecule has 1 saturated heterocycles. The van der Waals surface area contributed by atoms with E-state index in [4.69, 9.17) is 4.74 Å². The molecule has 12 heteroatoms. The Morgan fingerprint density at radius 3 is 2.50 bits per heavy atom. The first-order valence-corrected chi connectivity index (χ1v) is 12.0. The van der Waals surface area contributed by atoms with Crippen LogP contribution < -0.4 is 4.18 Å². The number of amides is 1. The lowest BCUT2D eigenvalue weighted by molar-refractivity contribution is -0.0500. The number of carbonyl (C=O) groups is 1. The van der Waals surface area contributed by atoms with Crippen LogP contribution in [0, 0.1) is 0 Å². The van der Waals surface area contributed by atoms with Gasteiger partial charge in [-0.05, 0) is 70.2 Å². The molecular weight excluding hydrogens is 475 g/mol. The van der Waals surface area contributed by atoms with Gasteiger partial charge in [0.15, 0.2) is 0 Å². The van der Waals surface area contributed by atoms with Crippen LogP contribution in [0.2, 0.25) is 0 Å². The van der Waals surface area contributed by atoms with Crippen molar-refractivity contribution in [3.05, 3.63) is 36.2 Å². The summed E-state index contributed by atoms with van der Waals surface area (Å²) in [6.07, 6.45) is 1.03. The first-order chi connectivity index (χ1) is 15.7. The number of rotatable bonds is 3. The van der Waals surface area contributed by atoms with Gasteiger partial charge in [0.2, 0.25) is 0 Å². The van der Waals surface area contributed by atoms with Crippen molar-refractivity contribution < 1.29 is 35.3 Å². The van der Waals surface area contributed by atoms with Crippen LogP contribution in [0.4, 0.5) is 18.0 Å². The van der Waals surface area contributed by atoms with Gasteiger partial charge >= 0.3 is 21.7 Å². The van der Waals surface area contributed by atoms with E-state index in [0.29, 0.717) is 34.1 Å². The summed E-state index contributed by atoms with van der Waals surface area (Å²) in [5.41, 5.74) is -4.96. The van der Waals surface area contributed by atoms with Gasteiger partial charge in [-0.2, -0.15) is 21.6 Å².